The van der Waals surface area contributed by atoms with Gasteiger partial charge in [0.2, 0.25) is 0 Å². The highest BCUT2D eigenvalue weighted by Gasteiger charge is 2.14. The lowest BCUT2D eigenvalue weighted by molar-refractivity contribution is 0.499. The number of nitrogens with one attached hydrogen (secondary N) is 1. The molecule has 132 valence electrons. The highest BCUT2D eigenvalue weighted by atomic mass is 35.5. The molecule has 0 bridgehead atoms. The van der Waals surface area contributed by atoms with E-state index in [1.54, 1.807) is 0 Å². The molecule has 4 rings (SSSR count). The van der Waals surface area contributed by atoms with Gasteiger partial charge in [-0.25, -0.2) is 0 Å². The van der Waals surface area contributed by atoms with Crippen molar-refractivity contribution in [3.63, 3.8) is 0 Å². The average molecular weight is 362 g/mol. The zero-order chi connectivity index (χ0) is 17.2. The van der Waals surface area contributed by atoms with Crippen molar-refractivity contribution in [3.8, 4) is 0 Å². The van der Waals surface area contributed by atoms with Crippen LogP contribution in [0.3, 0.4) is 0 Å². The van der Waals surface area contributed by atoms with Gasteiger partial charge in [0.05, 0.1) is 0 Å². The second-order valence-corrected chi connectivity index (χ2v) is 6.75. The van der Waals surface area contributed by atoms with Crippen molar-refractivity contribution in [2.75, 3.05) is 0 Å². The average Bonchev–Trinajstić information content (AvgIpc) is 2.67. The fraction of sp³-hybridized carbons (Fsp3) is 0.167. The third kappa shape index (κ3) is 3.46. The van der Waals surface area contributed by atoms with E-state index in [4.69, 9.17) is 0 Å². The minimum Gasteiger partial charge on any atom is -0.304 e. The Balaban J connectivity index is 0.00000196. The molecule has 2 unspecified atom stereocenters. The quantitative estimate of drug-likeness (QED) is 0.420. The van der Waals surface area contributed by atoms with Crippen LogP contribution in [-0.2, 0) is 0 Å². The van der Waals surface area contributed by atoms with Gasteiger partial charge in [-0.3, -0.25) is 0 Å². The number of rotatable bonds is 4. The minimum atomic E-state index is 0. The predicted molar refractivity (Wildman–Crippen MR) is 115 cm³/mol. The second kappa shape index (κ2) is 7.90. The van der Waals surface area contributed by atoms with Gasteiger partial charge in [-0.1, -0.05) is 84.9 Å². The van der Waals surface area contributed by atoms with Crippen LogP contribution >= 0.6 is 12.4 Å². The van der Waals surface area contributed by atoms with Crippen molar-refractivity contribution in [1.29, 1.82) is 0 Å². The fourth-order valence-corrected chi connectivity index (χ4v) is 3.81. The van der Waals surface area contributed by atoms with Crippen LogP contribution in [0.2, 0.25) is 0 Å². The smallest absolute Gasteiger partial charge is 0.0303 e. The van der Waals surface area contributed by atoms with Crippen LogP contribution in [0, 0.1) is 0 Å². The molecular weight excluding hydrogens is 338 g/mol. The van der Waals surface area contributed by atoms with E-state index in [0.717, 1.165) is 0 Å². The molecule has 26 heavy (non-hydrogen) atoms. The summed E-state index contributed by atoms with van der Waals surface area (Å²) in [6.07, 6.45) is 0. The van der Waals surface area contributed by atoms with Crippen LogP contribution in [0.15, 0.2) is 84.9 Å². The van der Waals surface area contributed by atoms with E-state index in [-0.39, 0.29) is 24.5 Å². The standard InChI is InChI=1S/C24H23N.ClH/c1-17(21-15-7-11-19-9-3-5-13-23(19)21)25-18(2)22-16-8-12-20-10-4-6-14-24(20)22;/h3-18,25H,1-2H3;1H. The SMILES string of the molecule is CC(NC(C)c1cccc2ccccc12)c1cccc2ccccc12.Cl. The molecule has 4 aromatic rings. The molecule has 0 amide bonds. The summed E-state index contributed by atoms with van der Waals surface area (Å²) in [5.41, 5.74) is 2.70. The Hall–Kier alpha value is -2.35. The van der Waals surface area contributed by atoms with Gasteiger partial charge in [-0.15, -0.1) is 12.4 Å². The first-order valence-electron chi connectivity index (χ1n) is 8.95. The van der Waals surface area contributed by atoms with E-state index in [9.17, 15) is 0 Å². The van der Waals surface area contributed by atoms with Gasteiger partial charge in [0.25, 0.3) is 0 Å². The molecule has 0 aromatic heterocycles. The Bertz CT molecular complexity index is 931. The van der Waals surface area contributed by atoms with Crippen molar-refractivity contribution in [2.45, 2.75) is 25.9 Å². The molecule has 0 radical (unpaired) electrons. The molecule has 1 nitrogen and oxygen atoms in total. The lowest BCUT2D eigenvalue weighted by atomic mass is 9.96. The van der Waals surface area contributed by atoms with Crippen molar-refractivity contribution in [2.24, 2.45) is 0 Å². The summed E-state index contributed by atoms with van der Waals surface area (Å²) >= 11 is 0. The summed E-state index contributed by atoms with van der Waals surface area (Å²) in [4.78, 5) is 0. The van der Waals surface area contributed by atoms with Crippen LogP contribution in [0.1, 0.15) is 37.1 Å². The zero-order valence-corrected chi connectivity index (χ0v) is 16.0. The molecule has 0 aliphatic heterocycles. The van der Waals surface area contributed by atoms with Crippen molar-refractivity contribution in [3.05, 3.63) is 96.1 Å². The number of hydrogen-bond donors (Lipinski definition) is 1. The molecule has 0 saturated carbocycles. The van der Waals surface area contributed by atoms with Gasteiger partial charge in [-0.05, 0) is 46.5 Å². The molecule has 0 saturated heterocycles. The molecule has 2 heteroatoms. The Morgan fingerprint density at radius 1 is 0.538 bits per heavy atom. The minimum absolute atomic E-state index is 0. The predicted octanol–water partition coefficient (Wildman–Crippen LogP) is 6.83. The molecule has 1 N–H and O–H groups in total. The fourth-order valence-electron chi connectivity index (χ4n) is 3.81. The van der Waals surface area contributed by atoms with Gasteiger partial charge in [-0.2, -0.15) is 0 Å². The van der Waals surface area contributed by atoms with Crippen LogP contribution in [0.25, 0.3) is 21.5 Å². The Morgan fingerprint density at radius 3 is 1.38 bits per heavy atom. The van der Waals surface area contributed by atoms with Crippen LogP contribution in [0.4, 0.5) is 0 Å². The van der Waals surface area contributed by atoms with Gasteiger partial charge in [0.15, 0.2) is 0 Å². The maximum absolute atomic E-state index is 3.80. The molecule has 0 heterocycles. The van der Waals surface area contributed by atoms with E-state index in [0.29, 0.717) is 0 Å². The summed E-state index contributed by atoms with van der Waals surface area (Å²) in [5.74, 6) is 0. The molecule has 0 spiro atoms. The van der Waals surface area contributed by atoms with Gasteiger partial charge >= 0.3 is 0 Å². The third-order valence-electron chi connectivity index (χ3n) is 5.08. The van der Waals surface area contributed by atoms with Gasteiger partial charge < -0.3 is 5.32 Å². The first-order valence-corrected chi connectivity index (χ1v) is 8.95. The number of halogens is 1. The zero-order valence-electron chi connectivity index (χ0n) is 15.1. The molecule has 4 aromatic carbocycles. The number of fused-ring (bicyclic) bond motifs is 2. The van der Waals surface area contributed by atoms with Crippen LogP contribution in [-0.4, -0.2) is 0 Å². The van der Waals surface area contributed by atoms with E-state index < -0.39 is 0 Å². The maximum atomic E-state index is 3.80. The summed E-state index contributed by atoms with van der Waals surface area (Å²) in [5, 5.41) is 9.05. The van der Waals surface area contributed by atoms with Crippen LogP contribution in [0.5, 0.6) is 0 Å². The van der Waals surface area contributed by atoms with E-state index >= 15 is 0 Å². The van der Waals surface area contributed by atoms with Crippen LogP contribution < -0.4 is 5.32 Å². The maximum Gasteiger partial charge on any atom is 0.0303 e. The topological polar surface area (TPSA) is 12.0 Å². The van der Waals surface area contributed by atoms with Crippen molar-refractivity contribution >= 4 is 34.0 Å². The normalized spacial score (nSPS) is 13.3. The second-order valence-electron chi connectivity index (χ2n) is 6.75. The molecular formula is C24H24ClN. The Morgan fingerprint density at radius 2 is 0.923 bits per heavy atom. The highest BCUT2D eigenvalue weighted by molar-refractivity contribution is 5.87. The monoisotopic (exact) mass is 361 g/mol. The number of hydrogen-bond acceptors (Lipinski definition) is 1. The molecule has 0 aliphatic carbocycles. The lowest BCUT2D eigenvalue weighted by Gasteiger charge is -2.23. The van der Waals surface area contributed by atoms with E-state index in [2.05, 4.69) is 104 Å². The largest absolute Gasteiger partial charge is 0.304 e. The van der Waals surface area contributed by atoms with E-state index in [1.807, 2.05) is 0 Å². The summed E-state index contributed by atoms with van der Waals surface area (Å²) < 4.78 is 0. The van der Waals surface area contributed by atoms with Crippen molar-refractivity contribution < 1.29 is 0 Å². The van der Waals surface area contributed by atoms with Gasteiger partial charge in [0, 0.05) is 12.1 Å². The summed E-state index contributed by atoms with van der Waals surface area (Å²) in [6.45, 7) is 4.51. The van der Waals surface area contributed by atoms with Crippen molar-refractivity contribution in [1.82, 2.24) is 5.32 Å². The molecule has 0 fully saturated rings. The molecule has 0 aliphatic rings. The van der Waals surface area contributed by atoms with Gasteiger partial charge in [0.1, 0.15) is 0 Å². The number of benzene rings is 4. The van der Waals surface area contributed by atoms with E-state index in [1.165, 1.54) is 32.7 Å². The first kappa shape index (κ1) is 18.4. The third-order valence-corrected chi connectivity index (χ3v) is 5.08. The summed E-state index contributed by atoms with van der Waals surface area (Å²) in [7, 11) is 0. The molecule has 2 atom stereocenters. The lowest BCUT2D eigenvalue weighted by Crippen LogP contribution is -2.22. The Kier molecular flexibility index (Phi) is 5.61. The summed E-state index contributed by atoms with van der Waals surface area (Å²) in [6, 6.07) is 30.9. The highest BCUT2D eigenvalue weighted by Crippen LogP contribution is 2.29. The first-order chi connectivity index (χ1) is 12.2. The Labute approximate surface area is 161 Å².